The molecule has 3 nitrogen and oxygen atoms in total. The number of hydrogen-bond acceptors (Lipinski definition) is 3. The van der Waals surface area contributed by atoms with E-state index in [1.165, 1.54) is 10.4 Å². The normalized spacial score (nSPS) is 10.6. The topological polar surface area (TPSA) is 54.7 Å². The molecule has 2 heterocycles. The highest BCUT2D eigenvalue weighted by Gasteiger charge is 2.10. The number of hydrogen-bond donors (Lipinski definition) is 2. The summed E-state index contributed by atoms with van der Waals surface area (Å²) >= 11 is 1.59. The third-order valence-corrected chi connectivity index (χ3v) is 2.93. The fourth-order valence-electron chi connectivity index (χ4n) is 1.40. The number of thiophene rings is 1. The van der Waals surface area contributed by atoms with Gasteiger partial charge in [-0.05, 0) is 26.0 Å². The summed E-state index contributed by atoms with van der Waals surface area (Å²) in [4.78, 5) is 1.18. The van der Waals surface area contributed by atoms with Crippen LogP contribution in [-0.4, -0.2) is 10.2 Å². The van der Waals surface area contributed by atoms with Gasteiger partial charge in [0.05, 0.1) is 10.7 Å². The van der Waals surface area contributed by atoms with Gasteiger partial charge in [0.25, 0.3) is 0 Å². The van der Waals surface area contributed by atoms with Crippen molar-refractivity contribution >= 4 is 16.3 Å². The van der Waals surface area contributed by atoms with Crippen LogP contribution in [0.15, 0.2) is 12.1 Å². The highest BCUT2D eigenvalue weighted by atomic mass is 32.1. The predicted octanol–water partition coefficient (Wildman–Crippen LogP) is 2.34. The molecular formula is C9H11N3S. The molecule has 0 unspecified atom stereocenters. The molecule has 0 atom stereocenters. The number of aromatic nitrogens is 2. The summed E-state index contributed by atoms with van der Waals surface area (Å²) in [6.45, 7) is 4.01. The van der Waals surface area contributed by atoms with Gasteiger partial charge in [0.15, 0.2) is 0 Å². The van der Waals surface area contributed by atoms with Crippen LogP contribution in [0.25, 0.3) is 10.4 Å². The summed E-state index contributed by atoms with van der Waals surface area (Å²) in [6, 6.07) is 3.96. The summed E-state index contributed by atoms with van der Waals surface area (Å²) in [5, 5.41) is 7.95. The van der Waals surface area contributed by atoms with Crippen molar-refractivity contribution in [1.29, 1.82) is 0 Å². The molecule has 0 aliphatic rings. The van der Waals surface area contributed by atoms with Gasteiger partial charge in [-0.2, -0.15) is 5.10 Å². The van der Waals surface area contributed by atoms with Gasteiger partial charge in [0.1, 0.15) is 0 Å². The zero-order chi connectivity index (χ0) is 9.42. The number of nitrogens with zero attached hydrogens (tertiary/aromatic N) is 1. The Hall–Kier alpha value is -1.29. The number of aromatic amines is 1. The highest BCUT2D eigenvalue weighted by Crippen LogP contribution is 2.32. The predicted molar refractivity (Wildman–Crippen MR) is 55.8 cm³/mol. The Morgan fingerprint density at radius 1 is 1.38 bits per heavy atom. The molecule has 2 rings (SSSR count). The van der Waals surface area contributed by atoms with Crippen molar-refractivity contribution in [2.45, 2.75) is 13.8 Å². The first-order valence-corrected chi connectivity index (χ1v) is 4.87. The van der Waals surface area contributed by atoms with Crippen molar-refractivity contribution in [3.05, 3.63) is 23.5 Å². The summed E-state index contributed by atoms with van der Waals surface area (Å²) in [5.41, 5.74) is 8.98. The molecule has 68 valence electrons. The molecular weight excluding hydrogens is 182 g/mol. The van der Waals surface area contributed by atoms with Crippen molar-refractivity contribution in [3.63, 3.8) is 0 Å². The standard InChI is InChI=1S/C9H11N3S/c1-5-9(6(2)12-11-5)7-3-4-8(10)13-7/h3-4H,10H2,1-2H3,(H,11,12). The van der Waals surface area contributed by atoms with Crippen molar-refractivity contribution < 1.29 is 0 Å². The Balaban J connectivity index is 2.57. The van der Waals surface area contributed by atoms with E-state index < -0.39 is 0 Å². The van der Waals surface area contributed by atoms with Gasteiger partial charge in [0.2, 0.25) is 0 Å². The van der Waals surface area contributed by atoms with E-state index >= 15 is 0 Å². The zero-order valence-electron chi connectivity index (χ0n) is 7.59. The molecule has 0 aliphatic heterocycles. The van der Waals surface area contributed by atoms with Crippen molar-refractivity contribution in [3.8, 4) is 10.4 Å². The van der Waals surface area contributed by atoms with Gasteiger partial charge in [-0.25, -0.2) is 0 Å². The third-order valence-electron chi connectivity index (χ3n) is 2.00. The van der Waals surface area contributed by atoms with Crippen molar-refractivity contribution in [1.82, 2.24) is 10.2 Å². The lowest BCUT2D eigenvalue weighted by atomic mass is 10.2. The summed E-state index contributed by atoms with van der Waals surface area (Å²) in [5.74, 6) is 0. The minimum absolute atomic E-state index is 0.843. The van der Waals surface area contributed by atoms with E-state index in [1.54, 1.807) is 11.3 Å². The average molecular weight is 193 g/mol. The van der Waals surface area contributed by atoms with Crippen LogP contribution in [0.4, 0.5) is 5.00 Å². The molecule has 4 heteroatoms. The second kappa shape index (κ2) is 2.88. The number of H-pyrrole nitrogens is 1. The lowest BCUT2D eigenvalue weighted by Crippen LogP contribution is -1.76. The quantitative estimate of drug-likeness (QED) is 0.730. The zero-order valence-corrected chi connectivity index (χ0v) is 8.40. The number of nitrogens with two attached hydrogens (primary N) is 1. The minimum atomic E-state index is 0.843. The Labute approximate surface area is 80.6 Å². The maximum Gasteiger partial charge on any atom is 0.0862 e. The molecule has 2 aromatic rings. The van der Waals surface area contributed by atoms with Gasteiger partial charge >= 0.3 is 0 Å². The Morgan fingerprint density at radius 3 is 2.62 bits per heavy atom. The molecule has 0 spiro atoms. The van der Waals surface area contributed by atoms with Gasteiger partial charge in [-0.3, -0.25) is 5.10 Å². The number of aryl methyl sites for hydroxylation is 2. The van der Waals surface area contributed by atoms with Gasteiger partial charge in [-0.1, -0.05) is 0 Å². The lowest BCUT2D eigenvalue weighted by Gasteiger charge is -1.94. The molecule has 13 heavy (non-hydrogen) atoms. The maximum absolute atomic E-state index is 5.67. The van der Waals surface area contributed by atoms with Gasteiger partial charge in [0, 0.05) is 16.1 Å². The first kappa shape index (κ1) is 8.31. The number of nitrogens with one attached hydrogen (secondary N) is 1. The van der Waals surface area contributed by atoms with Crippen LogP contribution < -0.4 is 5.73 Å². The largest absolute Gasteiger partial charge is 0.391 e. The Bertz CT molecular complexity index is 408. The Morgan fingerprint density at radius 2 is 2.15 bits per heavy atom. The number of rotatable bonds is 1. The van der Waals surface area contributed by atoms with Crippen LogP contribution >= 0.6 is 11.3 Å². The van der Waals surface area contributed by atoms with Crippen LogP contribution in [0.1, 0.15) is 11.4 Å². The smallest absolute Gasteiger partial charge is 0.0862 e. The molecule has 0 saturated heterocycles. The van der Waals surface area contributed by atoms with Crippen molar-refractivity contribution in [2.24, 2.45) is 0 Å². The first-order valence-electron chi connectivity index (χ1n) is 4.05. The molecule has 0 bridgehead atoms. The molecule has 3 N–H and O–H groups in total. The van der Waals surface area contributed by atoms with Crippen LogP contribution in [0.5, 0.6) is 0 Å². The fourth-order valence-corrected chi connectivity index (χ4v) is 2.33. The van der Waals surface area contributed by atoms with Crippen molar-refractivity contribution in [2.75, 3.05) is 5.73 Å². The molecule has 0 amide bonds. The van der Waals surface area contributed by atoms with Gasteiger partial charge < -0.3 is 5.73 Å². The molecule has 0 fully saturated rings. The lowest BCUT2D eigenvalue weighted by molar-refractivity contribution is 1.02. The minimum Gasteiger partial charge on any atom is -0.391 e. The van der Waals surface area contributed by atoms with Crippen LogP contribution in [-0.2, 0) is 0 Å². The van der Waals surface area contributed by atoms with Crippen LogP contribution in [0, 0.1) is 13.8 Å². The van der Waals surface area contributed by atoms with E-state index in [1.807, 2.05) is 26.0 Å². The summed E-state index contributed by atoms with van der Waals surface area (Å²) in [6.07, 6.45) is 0. The second-order valence-electron chi connectivity index (χ2n) is 3.01. The molecule has 0 saturated carbocycles. The number of nitrogen functional groups attached to an aromatic ring is 1. The van der Waals surface area contributed by atoms with E-state index in [9.17, 15) is 0 Å². The second-order valence-corrected chi connectivity index (χ2v) is 4.13. The monoisotopic (exact) mass is 193 g/mol. The van der Waals surface area contributed by atoms with E-state index in [0.29, 0.717) is 0 Å². The highest BCUT2D eigenvalue weighted by molar-refractivity contribution is 7.19. The third kappa shape index (κ3) is 1.33. The van der Waals surface area contributed by atoms with Gasteiger partial charge in [-0.15, -0.1) is 11.3 Å². The average Bonchev–Trinajstić information content (AvgIpc) is 2.60. The Kier molecular flexibility index (Phi) is 1.84. The fraction of sp³-hybridized carbons (Fsp3) is 0.222. The van der Waals surface area contributed by atoms with E-state index in [4.69, 9.17) is 5.73 Å². The SMILES string of the molecule is Cc1n[nH]c(C)c1-c1ccc(N)s1. The number of anilines is 1. The first-order chi connectivity index (χ1) is 6.18. The molecule has 0 aromatic carbocycles. The molecule has 0 radical (unpaired) electrons. The molecule has 0 aliphatic carbocycles. The van der Waals surface area contributed by atoms with E-state index in [2.05, 4.69) is 10.2 Å². The van der Waals surface area contributed by atoms with E-state index in [-0.39, 0.29) is 0 Å². The van der Waals surface area contributed by atoms with E-state index in [0.717, 1.165) is 16.4 Å². The summed E-state index contributed by atoms with van der Waals surface area (Å²) in [7, 11) is 0. The van der Waals surface area contributed by atoms with Crippen LogP contribution in [0.2, 0.25) is 0 Å². The van der Waals surface area contributed by atoms with Crippen LogP contribution in [0.3, 0.4) is 0 Å². The molecule has 2 aromatic heterocycles. The summed E-state index contributed by atoms with van der Waals surface area (Å²) < 4.78 is 0. The maximum atomic E-state index is 5.67.